The highest BCUT2D eigenvalue weighted by atomic mass is 32.1. The number of hydrogen-bond donors (Lipinski definition) is 2. The quantitative estimate of drug-likeness (QED) is 0.188. The van der Waals surface area contributed by atoms with Crippen molar-refractivity contribution in [3.63, 3.8) is 0 Å². The van der Waals surface area contributed by atoms with E-state index in [0.717, 1.165) is 85.7 Å². The van der Waals surface area contributed by atoms with Crippen molar-refractivity contribution in [3.8, 4) is 22.8 Å². The number of anilines is 1. The van der Waals surface area contributed by atoms with Crippen LogP contribution >= 0.6 is 11.3 Å². The van der Waals surface area contributed by atoms with E-state index in [9.17, 15) is 15.0 Å². The van der Waals surface area contributed by atoms with Gasteiger partial charge in [0.2, 0.25) is 0 Å². The van der Waals surface area contributed by atoms with Crippen LogP contribution in [0.2, 0.25) is 0 Å². The van der Waals surface area contributed by atoms with E-state index in [1.54, 1.807) is 11.3 Å². The number of aryl methyl sites for hydroxylation is 3. The number of phenols is 2. The van der Waals surface area contributed by atoms with Crippen LogP contribution in [0.25, 0.3) is 23.9 Å². The Morgan fingerprint density at radius 3 is 2.04 bits per heavy atom. The summed E-state index contributed by atoms with van der Waals surface area (Å²) in [6, 6.07) is 4.53. The topological polar surface area (TPSA) is 73.7 Å². The Bertz CT molecular complexity index is 1770. The molecule has 3 aromatic rings. The summed E-state index contributed by atoms with van der Waals surface area (Å²) >= 11 is 1.66. The molecule has 4 bridgehead atoms. The van der Waals surface area contributed by atoms with Crippen LogP contribution < -0.4 is 15.3 Å². The first kappa shape index (κ1) is 35.7. The lowest BCUT2D eigenvalue weighted by atomic mass is 9.47. The third kappa shape index (κ3) is 6.59. The van der Waals surface area contributed by atoms with Crippen molar-refractivity contribution in [1.29, 1.82) is 0 Å². The lowest BCUT2D eigenvalue weighted by Gasteiger charge is -2.56. The van der Waals surface area contributed by atoms with Gasteiger partial charge in [0.25, 0.3) is 0 Å². The van der Waals surface area contributed by atoms with Crippen LogP contribution in [-0.2, 0) is 11.2 Å². The summed E-state index contributed by atoms with van der Waals surface area (Å²) in [5.41, 5.74) is 6.37. The van der Waals surface area contributed by atoms with Crippen LogP contribution in [0.3, 0.4) is 0 Å². The number of aromatic hydroxyl groups is 2. The van der Waals surface area contributed by atoms with Gasteiger partial charge in [-0.05, 0) is 130 Å². The second kappa shape index (κ2) is 14.2. The number of phenolic OH excluding ortho intramolecular Hbond substituents is 2. The van der Waals surface area contributed by atoms with Crippen LogP contribution in [0.5, 0.6) is 11.5 Å². The van der Waals surface area contributed by atoms with Gasteiger partial charge in [0.15, 0.2) is 5.13 Å². The van der Waals surface area contributed by atoms with Gasteiger partial charge in [-0.3, -0.25) is 4.79 Å². The van der Waals surface area contributed by atoms with Gasteiger partial charge < -0.3 is 15.1 Å². The Kier molecular flexibility index (Phi) is 10.4. The number of ketones is 1. The maximum absolute atomic E-state index is 14.5. The van der Waals surface area contributed by atoms with E-state index in [0.29, 0.717) is 39.3 Å². The Morgan fingerprint density at radius 2 is 1.53 bits per heavy atom. The Hall–Kier alpha value is -3.12. The predicted molar refractivity (Wildman–Crippen MR) is 205 cm³/mol. The zero-order valence-electron chi connectivity index (χ0n) is 31.0. The van der Waals surface area contributed by atoms with Crippen molar-refractivity contribution in [2.75, 3.05) is 18.0 Å². The smallest absolute Gasteiger partial charge is 0.186 e. The molecule has 4 aliphatic rings. The zero-order chi connectivity index (χ0) is 35.2. The molecule has 6 heteroatoms. The fourth-order valence-electron chi connectivity index (χ4n) is 10.0. The van der Waals surface area contributed by atoms with Gasteiger partial charge in [-0.1, -0.05) is 70.6 Å². The zero-order valence-corrected chi connectivity index (χ0v) is 31.9. The molecule has 1 aromatic heterocycles. The fraction of sp³-hybridized carbons (Fsp3) is 0.581. The predicted octanol–water partition coefficient (Wildman–Crippen LogP) is 9.24. The van der Waals surface area contributed by atoms with Gasteiger partial charge in [-0.15, -0.1) is 0 Å². The molecule has 0 aliphatic heterocycles. The van der Waals surface area contributed by atoms with Crippen LogP contribution in [0.15, 0.2) is 12.1 Å². The highest BCUT2D eigenvalue weighted by molar-refractivity contribution is 7.16. The van der Waals surface area contributed by atoms with Crippen molar-refractivity contribution in [2.45, 2.75) is 125 Å². The normalized spacial score (nSPS) is 23.7. The summed E-state index contributed by atoms with van der Waals surface area (Å²) in [4.78, 5) is 23.3. The highest BCUT2D eigenvalue weighted by Crippen LogP contribution is 2.61. The third-order valence-corrected chi connectivity index (χ3v) is 13.3. The van der Waals surface area contributed by atoms with E-state index < -0.39 is 5.92 Å². The Balaban J connectivity index is 1.50. The lowest BCUT2D eigenvalue weighted by molar-refractivity contribution is -0.145. The SMILES string of the molecule is C=c1c(C)c(O)c(C(C)C(=O)C23CC4CC(CC(C4)C2)C3)c(O)/c1=C\c1sc(N(CCCC)CCCC)nc1-c1c(C)cc(CC)cc1C. The molecular weight excluding hydrogens is 625 g/mol. The van der Waals surface area contributed by atoms with Crippen molar-refractivity contribution in [3.05, 3.63) is 55.3 Å². The minimum Gasteiger partial charge on any atom is -0.507 e. The van der Waals surface area contributed by atoms with Gasteiger partial charge >= 0.3 is 0 Å². The van der Waals surface area contributed by atoms with E-state index in [1.165, 1.54) is 36.0 Å². The fourth-order valence-corrected chi connectivity index (χ4v) is 11.1. The molecule has 2 N–H and O–H groups in total. The minimum absolute atomic E-state index is 0.00240. The van der Waals surface area contributed by atoms with E-state index in [4.69, 9.17) is 4.98 Å². The van der Waals surface area contributed by atoms with Gasteiger partial charge in [0.1, 0.15) is 17.3 Å². The molecule has 7 rings (SSSR count). The van der Waals surface area contributed by atoms with Gasteiger partial charge in [-0.2, -0.15) is 0 Å². The maximum Gasteiger partial charge on any atom is 0.186 e. The molecule has 0 amide bonds. The molecule has 2 aromatic carbocycles. The molecule has 1 heterocycles. The molecule has 1 unspecified atom stereocenters. The molecule has 1 atom stereocenters. The number of unbranched alkanes of at least 4 members (excludes halogenated alkanes) is 2. The van der Waals surface area contributed by atoms with Crippen LogP contribution in [-0.4, -0.2) is 34.1 Å². The van der Waals surface area contributed by atoms with Gasteiger partial charge in [0.05, 0.1) is 10.6 Å². The monoisotopic (exact) mass is 682 g/mol. The number of aromatic nitrogens is 1. The molecule has 4 saturated carbocycles. The summed E-state index contributed by atoms with van der Waals surface area (Å²) in [6.45, 7) is 21.0. The van der Waals surface area contributed by atoms with Gasteiger partial charge in [-0.25, -0.2) is 4.98 Å². The van der Waals surface area contributed by atoms with Crippen molar-refractivity contribution in [2.24, 2.45) is 23.2 Å². The molecular formula is C43H58N2O3S. The van der Waals surface area contributed by atoms with E-state index in [1.807, 2.05) is 19.9 Å². The first-order valence-corrected chi connectivity index (χ1v) is 19.9. The molecule has 0 saturated heterocycles. The molecule has 0 radical (unpaired) electrons. The number of carbonyl (C=O) groups excluding carboxylic acids is 1. The van der Waals surface area contributed by atoms with Gasteiger partial charge in [0, 0.05) is 40.8 Å². The molecule has 4 aliphatic carbocycles. The summed E-state index contributed by atoms with van der Waals surface area (Å²) < 4.78 is 0. The third-order valence-electron chi connectivity index (χ3n) is 12.3. The van der Waals surface area contributed by atoms with E-state index in [2.05, 4.69) is 58.2 Å². The van der Waals surface area contributed by atoms with Crippen LogP contribution in [0, 0.1) is 43.9 Å². The number of nitrogens with zero attached hydrogens (tertiary/aromatic N) is 2. The maximum atomic E-state index is 14.5. The Labute approximate surface area is 298 Å². The number of benzene rings is 2. The Morgan fingerprint density at radius 1 is 0.980 bits per heavy atom. The number of carbonyl (C=O) groups is 1. The van der Waals surface area contributed by atoms with E-state index >= 15 is 0 Å². The second-order valence-corrected chi connectivity index (χ2v) is 16.9. The molecule has 49 heavy (non-hydrogen) atoms. The number of hydrogen-bond acceptors (Lipinski definition) is 6. The van der Waals surface area contributed by atoms with Crippen molar-refractivity contribution >= 4 is 34.9 Å². The standard InChI is InChI=1S/C43H58N2O3S/c1-9-12-14-45(15-13-10-2)42-44-38(36-25(4)16-30(11-3)17-26(36)5)35(49-42)21-34-27(6)28(7)39(46)37(40(34)47)29(8)41(48)43-22-31-18-32(23-43)20-33(19-31)24-43/h16-17,21,29,31-33,46-47H,6,9-15,18-20,22-24H2,1-5,7-8H3/b34-21-. The second-order valence-electron chi connectivity index (χ2n) is 15.9. The van der Waals surface area contributed by atoms with Crippen molar-refractivity contribution < 1.29 is 15.0 Å². The first-order chi connectivity index (χ1) is 23.4. The summed E-state index contributed by atoms with van der Waals surface area (Å²) in [5, 5.41) is 25.8. The highest BCUT2D eigenvalue weighted by Gasteiger charge is 2.55. The average Bonchev–Trinajstić information content (AvgIpc) is 3.47. The lowest BCUT2D eigenvalue weighted by Crippen LogP contribution is -2.51. The van der Waals surface area contributed by atoms with Crippen molar-refractivity contribution in [1.82, 2.24) is 4.98 Å². The largest absolute Gasteiger partial charge is 0.507 e. The summed E-state index contributed by atoms with van der Waals surface area (Å²) in [6.07, 6.45) is 14.1. The molecule has 264 valence electrons. The molecule has 4 fully saturated rings. The minimum atomic E-state index is -0.608. The van der Waals surface area contributed by atoms with Crippen LogP contribution in [0.4, 0.5) is 5.13 Å². The molecule has 0 spiro atoms. The number of Topliss-reactive ketones (excluding diaryl/α,β-unsaturated/α-hetero) is 1. The first-order valence-electron chi connectivity index (χ1n) is 19.1. The average molecular weight is 683 g/mol. The van der Waals surface area contributed by atoms with Crippen LogP contribution in [0.1, 0.15) is 131 Å². The number of rotatable bonds is 13. The molecule has 5 nitrogen and oxygen atoms in total. The number of thiazole rings is 1. The summed E-state index contributed by atoms with van der Waals surface area (Å²) in [5.74, 6) is 1.50. The van der Waals surface area contributed by atoms with E-state index in [-0.39, 0.29) is 22.7 Å². The summed E-state index contributed by atoms with van der Waals surface area (Å²) in [7, 11) is 0.